The fourth-order valence-electron chi connectivity index (χ4n) is 1.54. The monoisotopic (exact) mass is 237 g/mol. The number of hydrogen-bond acceptors (Lipinski definition) is 4. The van der Waals surface area contributed by atoms with Crippen molar-refractivity contribution < 1.29 is 14.3 Å². The van der Waals surface area contributed by atoms with Gasteiger partial charge in [-0.25, -0.2) is 9.78 Å². The summed E-state index contributed by atoms with van der Waals surface area (Å²) in [5.41, 5.74) is 0.295. The molecule has 1 atom stereocenters. The second-order valence-electron chi connectivity index (χ2n) is 3.81. The Hall–Kier alpha value is -1.58. The summed E-state index contributed by atoms with van der Waals surface area (Å²) in [6, 6.07) is 3.36. The lowest BCUT2D eigenvalue weighted by atomic mass is 10.1. The highest BCUT2D eigenvalue weighted by atomic mass is 16.5. The lowest BCUT2D eigenvalue weighted by Gasteiger charge is -2.16. The van der Waals surface area contributed by atoms with Gasteiger partial charge < -0.3 is 9.47 Å². The molecule has 0 aromatic carbocycles. The maximum atomic E-state index is 11.2. The molecule has 0 saturated heterocycles. The van der Waals surface area contributed by atoms with Crippen LogP contribution in [-0.2, 0) is 4.74 Å². The molecule has 0 aliphatic rings. The number of esters is 1. The molecule has 1 aromatic heterocycles. The molecular weight excluding hydrogens is 218 g/mol. The molecule has 1 rings (SSSR count). The van der Waals surface area contributed by atoms with E-state index in [4.69, 9.17) is 4.74 Å². The van der Waals surface area contributed by atoms with Crippen LogP contribution in [0.1, 0.15) is 43.6 Å². The zero-order chi connectivity index (χ0) is 12.7. The van der Waals surface area contributed by atoms with E-state index < -0.39 is 5.97 Å². The summed E-state index contributed by atoms with van der Waals surface area (Å²) in [7, 11) is 1.34. The standard InChI is InChI=1S/C13H19NO3/c1-4-6-10(5-2)17-11-7-8-12(14-9-11)13(15)16-3/h7-10H,4-6H2,1-3H3/t10-/m1/s1. The maximum Gasteiger partial charge on any atom is 0.356 e. The Morgan fingerprint density at radius 1 is 1.41 bits per heavy atom. The van der Waals surface area contributed by atoms with Gasteiger partial charge in [0.05, 0.1) is 19.4 Å². The van der Waals surface area contributed by atoms with E-state index in [-0.39, 0.29) is 6.10 Å². The lowest BCUT2D eigenvalue weighted by molar-refractivity contribution is 0.0594. The first-order chi connectivity index (χ1) is 8.21. The number of carbonyl (C=O) groups excluding carboxylic acids is 1. The number of aromatic nitrogens is 1. The van der Waals surface area contributed by atoms with Crippen molar-refractivity contribution in [2.45, 2.75) is 39.2 Å². The second kappa shape index (κ2) is 6.89. The van der Waals surface area contributed by atoms with E-state index in [0.717, 1.165) is 19.3 Å². The van der Waals surface area contributed by atoms with Gasteiger partial charge in [0, 0.05) is 0 Å². The van der Waals surface area contributed by atoms with E-state index in [9.17, 15) is 4.79 Å². The Kier molecular flexibility index (Phi) is 5.46. The maximum absolute atomic E-state index is 11.2. The molecule has 0 spiro atoms. The van der Waals surface area contributed by atoms with Gasteiger partial charge in [-0.05, 0) is 25.0 Å². The van der Waals surface area contributed by atoms with Gasteiger partial charge in [0.15, 0.2) is 0 Å². The quantitative estimate of drug-likeness (QED) is 0.714. The van der Waals surface area contributed by atoms with Crippen LogP contribution in [0.15, 0.2) is 18.3 Å². The van der Waals surface area contributed by atoms with Crippen LogP contribution in [0.2, 0.25) is 0 Å². The fraction of sp³-hybridized carbons (Fsp3) is 0.538. The van der Waals surface area contributed by atoms with E-state index in [1.807, 2.05) is 0 Å². The summed E-state index contributed by atoms with van der Waals surface area (Å²) in [6.45, 7) is 4.22. The third-order valence-corrected chi connectivity index (χ3v) is 2.50. The second-order valence-corrected chi connectivity index (χ2v) is 3.81. The van der Waals surface area contributed by atoms with Gasteiger partial charge in [0.2, 0.25) is 0 Å². The summed E-state index contributed by atoms with van der Waals surface area (Å²) in [5.74, 6) is 0.259. The van der Waals surface area contributed by atoms with Gasteiger partial charge in [-0.2, -0.15) is 0 Å². The highest BCUT2D eigenvalue weighted by Gasteiger charge is 2.09. The first-order valence-corrected chi connectivity index (χ1v) is 5.92. The lowest BCUT2D eigenvalue weighted by Crippen LogP contribution is -2.15. The molecule has 0 bridgehead atoms. The highest BCUT2D eigenvalue weighted by Crippen LogP contribution is 2.15. The highest BCUT2D eigenvalue weighted by molar-refractivity contribution is 5.87. The number of nitrogens with zero attached hydrogens (tertiary/aromatic N) is 1. The molecule has 17 heavy (non-hydrogen) atoms. The van der Waals surface area contributed by atoms with E-state index in [0.29, 0.717) is 11.4 Å². The molecule has 0 saturated carbocycles. The van der Waals surface area contributed by atoms with E-state index in [1.54, 1.807) is 18.3 Å². The Morgan fingerprint density at radius 2 is 2.18 bits per heavy atom. The molecule has 94 valence electrons. The summed E-state index contributed by atoms with van der Waals surface area (Å²) in [4.78, 5) is 15.2. The van der Waals surface area contributed by atoms with Crippen LogP contribution in [0.5, 0.6) is 5.75 Å². The Morgan fingerprint density at radius 3 is 2.65 bits per heavy atom. The predicted octanol–water partition coefficient (Wildman–Crippen LogP) is 2.83. The van der Waals surface area contributed by atoms with Gasteiger partial charge in [-0.3, -0.25) is 0 Å². The fourth-order valence-corrected chi connectivity index (χ4v) is 1.54. The zero-order valence-electron chi connectivity index (χ0n) is 10.6. The molecule has 0 unspecified atom stereocenters. The van der Waals surface area contributed by atoms with E-state index in [1.165, 1.54) is 7.11 Å². The van der Waals surface area contributed by atoms with Gasteiger partial charge in [-0.15, -0.1) is 0 Å². The van der Waals surface area contributed by atoms with Crippen molar-refractivity contribution in [3.63, 3.8) is 0 Å². The average Bonchev–Trinajstić information content (AvgIpc) is 2.38. The molecular formula is C13H19NO3. The van der Waals surface area contributed by atoms with Crippen LogP contribution in [-0.4, -0.2) is 24.2 Å². The number of rotatable bonds is 6. The molecule has 0 N–H and O–H groups in total. The Labute approximate surface area is 102 Å². The minimum atomic E-state index is -0.433. The van der Waals surface area contributed by atoms with Gasteiger partial charge in [-0.1, -0.05) is 20.3 Å². The van der Waals surface area contributed by atoms with Gasteiger partial charge in [0.1, 0.15) is 11.4 Å². The first kappa shape index (κ1) is 13.5. The van der Waals surface area contributed by atoms with Crippen LogP contribution in [0.4, 0.5) is 0 Å². The molecule has 1 aromatic rings. The molecule has 0 radical (unpaired) electrons. The predicted molar refractivity (Wildman–Crippen MR) is 65.2 cm³/mol. The van der Waals surface area contributed by atoms with Crippen molar-refractivity contribution in [3.05, 3.63) is 24.0 Å². The number of pyridine rings is 1. The largest absolute Gasteiger partial charge is 0.489 e. The normalized spacial score (nSPS) is 11.9. The van der Waals surface area contributed by atoms with Crippen molar-refractivity contribution in [2.24, 2.45) is 0 Å². The van der Waals surface area contributed by atoms with Crippen molar-refractivity contribution >= 4 is 5.97 Å². The smallest absolute Gasteiger partial charge is 0.356 e. The molecule has 4 nitrogen and oxygen atoms in total. The topological polar surface area (TPSA) is 48.4 Å². The van der Waals surface area contributed by atoms with Crippen molar-refractivity contribution in [2.75, 3.05) is 7.11 Å². The van der Waals surface area contributed by atoms with Crippen LogP contribution >= 0.6 is 0 Å². The van der Waals surface area contributed by atoms with Gasteiger partial charge >= 0.3 is 5.97 Å². The number of methoxy groups -OCH3 is 1. The Bertz CT molecular complexity index is 348. The molecule has 1 heterocycles. The summed E-state index contributed by atoms with van der Waals surface area (Å²) in [5, 5.41) is 0. The third kappa shape index (κ3) is 4.06. The zero-order valence-corrected chi connectivity index (χ0v) is 10.6. The molecule has 4 heteroatoms. The van der Waals surface area contributed by atoms with Crippen molar-refractivity contribution in [1.82, 2.24) is 4.98 Å². The number of ether oxygens (including phenoxy) is 2. The first-order valence-electron chi connectivity index (χ1n) is 5.92. The van der Waals surface area contributed by atoms with Crippen molar-refractivity contribution in [3.8, 4) is 5.75 Å². The van der Waals surface area contributed by atoms with Crippen LogP contribution in [0.25, 0.3) is 0 Å². The molecule has 0 aliphatic carbocycles. The Balaban J connectivity index is 2.64. The third-order valence-electron chi connectivity index (χ3n) is 2.50. The summed E-state index contributed by atoms with van der Waals surface area (Å²) in [6.07, 6.45) is 4.85. The summed E-state index contributed by atoms with van der Waals surface area (Å²) < 4.78 is 10.3. The van der Waals surface area contributed by atoms with Crippen LogP contribution < -0.4 is 4.74 Å². The minimum absolute atomic E-state index is 0.214. The van der Waals surface area contributed by atoms with Crippen LogP contribution in [0, 0.1) is 0 Å². The summed E-state index contributed by atoms with van der Waals surface area (Å²) >= 11 is 0. The number of carbonyl (C=O) groups is 1. The number of hydrogen-bond donors (Lipinski definition) is 0. The molecule has 0 aliphatic heterocycles. The SMILES string of the molecule is CCC[C@@H](CC)Oc1ccc(C(=O)OC)nc1. The van der Waals surface area contributed by atoms with E-state index >= 15 is 0 Å². The molecule has 0 amide bonds. The van der Waals surface area contributed by atoms with Gasteiger partial charge in [0.25, 0.3) is 0 Å². The van der Waals surface area contributed by atoms with Crippen molar-refractivity contribution in [1.29, 1.82) is 0 Å². The average molecular weight is 237 g/mol. The minimum Gasteiger partial charge on any atom is -0.489 e. The van der Waals surface area contributed by atoms with Crippen LogP contribution in [0.3, 0.4) is 0 Å². The van der Waals surface area contributed by atoms with E-state index in [2.05, 4.69) is 23.6 Å². The molecule has 0 fully saturated rings.